The van der Waals surface area contributed by atoms with E-state index in [1.165, 1.54) is 28.6 Å². The van der Waals surface area contributed by atoms with E-state index in [9.17, 15) is 30.0 Å². The van der Waals surface area contributed by atoms with Gasteiger partial charge < -0.3 is 0 Å². The summed E-state index contributed by atoms with van der Waals surface area (Å²) in [6.07, 6.45) is -3.84. The SMILES string of the molecule is NS(=O)(=O)c1ccc(S(=O)(=O)N2CCCN(Cc3ccc(C(F)(F)F)cc3)CC2)cc1. The van der Waals surface area contributed by atoms with Gasteiger partial charge in [-0.15, -0.1) is 0 Å². The van der Waals surface area contributed by atoms with Gasteiger partial charge in [0.25, 0.3) is 0 Å². The highest BCUT2D eigenvalue weighted by Crippen LogP contribution is 2.29. The molecule has 3 rings (SSSR count). The minimum atomic E-state index is -4.39. The highest BCUT2D eigenvalue weighted by atomic mass is 32.2. The van der Waals surface area contributed by atoms with Gasteiger partial charge in [-0.25, -0.2) is 22.0 Å². The number of sulfonamides is 2. The lowest BCUT2D eigenvalue weighted by molar-refractivity contribution is -0.137. The van der Waals surface area contributed by atoms with E-state index in [0.717, 1.165) is 24.3 Å². The van der Waals surface area contributed by atoms with Crippen LogP contribution in [-0.4, -0.2) is 52.2 Å². The molecule has 0 atom stereocenters. The molecule has 0 saturated carbocycles. The number of alkyl halides is 3. The van der Waals surface area contributed by atoms with E-state index in [2.05, 4.69) is 0 Å². The fraction of sp³-hybridized carbons (Fsp3) is 0.368. The Morgan fingerprint density at radius 3 is 1.94 bits per heavy atom. The average Bonchev–Trinajstić information content (AvgIpc) is 2.93. The van der Waals surface area contributed by atoms with E-state index >= 15 is 0 Å². The van der Waals surface area contributed by atoms with Gasteiger partial charge in [0.05, 0.1) is 15.4 Å². The van der Waals surface area contributed by atoms with Crippen LogP contribution in [0.25, 0.3) is 0 Å². The van der Waals surface area contributed by atoms with Gasteiger partial charge in [-0.05, 0) is 54.9 Å². The summed E-state index contributed by atoms with van der Waals surface area (Å²) in [6.45, 7) is 1.91. The third kappa shape index (κ3) is 5.83. The fourth-order valence-electron chi connectivity index (χ4n) is 3.35. The zero-order chi connectivity index (χ0) is 22.9. The number of rotatable bonds is 5. The molecule has 31 heavy (non-hydrogen) atoms. The van der Waals surface area contributed by atoms with Gasteiger partial charge in [0.15, 0.2) is 0 Å². The normalized spacial score (nSPS) is 17.4. The Balaban J connectivity index is 1.66. The van der Waals surface area contributed by atoms with Gasteiger partial charge in [0.1, 0.15) is 0 Å². The van der Waals surface area contributed by atoms with Crippen LogP contribution < -0.4 is 5.14 Å². The first-order valence-corrected chi connectivity index (χ1v) is 12.4. The summed E-state index contributed by atoms with van der Waals surface area (Å²) < 4.78 is 88.0. The quantitative estimate of drug-likeness (QED) is 0.712. The molecule has 1 aliphatic heterocycles. The second-order valence-corrected chi connectivity index (χ2v) is 10.7. The van der Waals surface area contributed by atoms with E-state index in [1.54, 1.807) is 0 Å². The van der Waals surface area contributed by atoms with Crippen LogP contribution in [0, 0.1) is 0 Å². The van der Waals surface area contributed by atoms with Crippen molar-refractivity contribution in [3.05, 3.63) is 59.7 Å². The second kappa shape index (κ2) is 8.87. The summed E-state index contributed by atoms with van der Waals surface area (Å²) in [4.78, 5) is 1.78. The average molecular weight is 478 g/mol. The summed E-state index contributed by atoms with van der Waals surface area (Å²) in [5.74, 6) is 0. The van der Waals surface area contributed by atoms with Crippen LogP contribution in [-0.2, 0) is 32.8 Å². The van der Waals surface area contributed by atoms with Gasteiger partial charge in [0.2, 0.25) is 20.0 Å². The molecule has 0 aliphatic carbocycles. The van der Waals surface area contributed by atoms with Crippen molar-refractivity contribution >= 4 is 20.0 Å². The standard InChI is InChI=1S/C19H22F3N3O4S2/c20-19(21,22)16-4-2-15(3-5-16)14-24-10-1-11-25(13-12-24)31(28,29)18-8-6-17(7-9-18)30(23,26)27/h2-9H,1,10-14H2,(H2,23,26,27). The molecule has 2 aromatic rings. The molecule has 2 N–H and O–H groups in total. The lowest BCUT2D eigenvalue weighted by atomic mass is 10.1. The molecular weight excluding hydrogens is 455 g/mol. The third-order valence-electron chi connectivity index (χ3n) is 5.02. The maximum atomic E-state index is 12.9. The van der Waals surface area contributed by atoms with Crippen molar-refractivity contribution in [3.8, 4) is 0 Å². The van der Waals surface area contributed by atoms with Gasteiger partial charge in [0, 0.05) is 26.2 Å². The predicted octanol–water partition coefficient (Wildman–Crippen LogP) is 2.25. The van der Waals surface area contributed by atoms with Crippen molar-refractivity contribution in [1.29, 1.82) is 0 Å². The Morgan fingerprint density at radius 2 is 1.39 bits per heavy atom. The van der Waals surface area contributed by atoms with Crippen molar-refractivity contribution < 1.29 is 30.0 Å². The Kier molecular flexibility index (Phi) is 6.77. The van der Waals surface area contributed by atoms with Crippen molar-refractivity contribution in [2.24, 2.45) is 5.14 Å². The van der Waals surface area contributed by atoms with Crippen LogP contribution in [0.2, 0.25) is 0 Å². The van der Waals surface area contributed by atoms with E-state index in [-0.39, 0.29) is 22.9 Å². The maximum Gasteiger partial charge on any atom is 0.416 e. The summed E-state index contributed by atoms with van der Waals surface area (Å²) in [7, 11) is -7.74. The first-order chi connectivity index (χ1) is 14.4. The number of nitrogens with two attached hydrogens (primary N) is 1. The number of primary sulfonamides is 1. The minimum Gasteiger partial charge on any atom is -0.298 e. The first-order valence-electron chi connectivity index (χ1n) is 9.39. The molecule has 2 aromatic carbocycles. The Bertz CT molecular complexity index is 1120. The minimum absolute atomic E-state index is 0.0314. The molecule has 0 radical (unpaired) electrons. The van der Waals surface area contributed by atoms with Gasteiger partial charge >= 0.3 is 6.18 Å². The van der Waals surface area contributed by atoms with Crippen molar-refractivity contribution in [1.82, 2.24) is 9.21 Å². The number of nitrogens with zero attached hydrogens (tertiary/aromatic N) is 2. The van der Waals surface area contributed by atoms with Crippen molar-refractivity contribution in [2.45, 2.75) is 28.9 Å². The Hall–Kier alpha value is -1.99. The summed E-state index contributed by atoms with van der Waals surface area (Å²) in [5.41, 5.74) is 0.000675. The lowest BCUT2D eigenvalue weighted by Crippen LogP contribution is -2.35. The van der Waals surface area contributed by atoms with Crippen LogP contribution in [0.4, 0.5) is 13.2 Å². The van der Waals surface area contributed by atoms with E-state index in [1.807, 2.05) is 4.90 Å². The van der Waals surface area contributed by atoms with Gasteiger partial charge in [-0.3, -0.25) is 4.90 Å². The van der Waals surface area contributed by atoms with Gasteiger partial charge in [-0.2, -0.15) is 17.5 Å². The zero-order valence-electron chi connectivity index (χ0n) is 16.4. The molecule has 0 spiro atoms. The number of hydrogen-bond acceptors (Lipinski definition) is 5. The monoisotopic (exact) mass is 477 g/mol. The summed E-state index contributed by atoms with van der Waals surface area (Å²) >= 11 is 0. The Morgan fingerprint density at radius 1 is 0.806 bits per heavy atom. The molecule has 0 aromatic heterocycles. The molecule has 12 heteroatoms. The third-order valence-corrected chi connectivity index (χ3v) is 7.87. The Labute approximate surface area is 179 Å². The molecule has 1 heterocycles. The molecule has 0 unspecified atom stereocenters. The molecule has 1 fully saturated rings. The molecule has 0 amide bonds. The topological polar surface area (TPSA) is 101 Å². The van der Waals surface area contributed by atoms with Crippen molar-refractivity contribution in [2.75, 3.05) is 26.2 Å². The molecule has 1 aliphatic rings. The predicted molar refractivity (Wildman–Crippen MR) is 108 cm³/mol. The zero-order valence-corrected chi connectivity index (χ0v) is 18.0. The molecule has 0 bridgehead atoms. The molecule has 170 valence electrons. The van der Waals surface area contributed by atoms with E-state index < -0.39 is 31.8 Å². The van der Waals surface area contributed by atoms with Crippen molar-refractivity contribution in [3.63, 3.8) is 0 Å². The highest BCUT2D eigenvalue weighted by Gasteiger charge is 2.30. The van der Waals surface area contributed by atoms with E-state index in [0.29, 0.717) is 31.6 Å². The summed E-state index contributed by atoms with van der Waals surface area (Å²) in [5, 5.41) is 5.04. The first kappa shape index (κ1) is 23.7. The lowest BCUT2D eigenvalue weighted by Gasteiger charge is -2.22. The number of hydrogen-bond donors (Lipinski definition) is 1. The smallest absolute Gasteiger partial charge is 0.298 e. The fourth-order valence-corrected chi connectivity index (χ4v) is 5.34. The largest absolute Gasteiger partial charge is 0.416 e. The molecular formula is C19H22F3N3O4S2. The van der Waals surface area contributed by atoms with Crippen LogP contribution in [0.5, 0.6) is 0 Å². The van der Waals surface area contributed by atoms with Crippen LogP contribution in [0.1, 0.15) is 17.5 Å². The molecule has 1 saturated heterocycles. The second-order valence-electron chi connectivity index (χ2n) is 7.24. The molecule has 7 nitrogen and oxygen atoms in total. The number of halogens is 3. The van der Waals surface area contributed by atoms with Gasteiger partial charge in [-0.1, -0.05) is 12.1 Å². The van der Waals surface area contributed by atoms with Crippen LogP contribution >= 0.6 is 0 Å². The van der Waals surface area contributed by atoms with Crippen LogP contribution in [0.15, 0.2) is 58.3 Å². The highest BCUT2D eigenvalue weighted by molar-refractivity contribution is 7.89. The number of benzene rings is 2. The van der Waals surface area contributed by atoms with E-state index in [4.69, 9.17) is 5.14 Å². The summed E-state index contributed by atoms with van der Waals surface area (Å²) in [6, 6.07) is 9.64. The maximum absolute atomic E-state index is 12.9. The van der Waals surface area contributed by atoms with Crippen LogP contribution in [0.3, 0.4) is 0 Å².